The molecule has 2 aromatic rings. The molecule has 2 rings (SSSR count). The first-order valence-corrected chi connectivity index (χ1v) is 7.22. The molecule has 0 fully saturated rings. The molecule has 122 valence electrons. The van der Waals surface area contributed by atoms with E-state index >= 15 is 0 Å². The van der Waals surface area contributed by atoms with Gasteiger partial charge in [-0.1, -0.05) is 18.2 Å². The Morgan fingerprint density at radius 2 is 1.79 bits per heavy atom. The zero-order valence-electron chi connectivity index (χ0n) is 13.5. The van der Waals surface area contributed by atoms with E-state index in [1.807, 2.05) is 6.07 Å². The molecule has 0 aliphatic rings. The summed E-state index contributed by atoms with van der Waals surface area (Å²) in [5.74, 6) is 1.50. The standard InChI is InChI=1S/C19H17NO4/c1-22-16-8-10-19(23-2)17(13-16)18(21)9-5-14-3-6-15(7-4-14)24-12-11-20/h3-10,13H,12H2,1-2H3/b9-5+. The number of carbonyl (C=O) groups excluding carboxylic acids is 1. The van der Waals surface area contributed by atoms with Crippen LogP contribution in [0.5, 0.6) is 17.2 Å². The van der Waals surface area contributed by atoms with Gasteiger partial charge in [0.15, 0.2) is 12.4 Å². The molecule has 5 nitrogen and oxygen atoms in total. The van der Waals surface area contributed by atoms with E-state index in [4.69, 9.17) is 19.5 Å². The van der Waals surface area contributed by atoms with Gasteiger partial charge in [0.25, 0.3) is 0 Å². The van der Waals surface area contributed by atoms with Crippen LogP contribution in [0.25, 0.3) is 6.08 Å². The van der Waals surface area contributed by atoms with Gasteiger partial charge in [0.1, 0.15) is 23.3 Å². The topological polar surface area (TPSA) is 68.6 Å². The average molecular weight is 323 g/mol. The number of methoxy groups -OCH3 is 2. The van der Waals surface area contributed by atoms with Crippen LogP contribution >= 0.6 is 0 Å². The summed E-state index contributed by atoms with van der Waals surface area (Å²) in [6.07, 6.45) is 3.18. The fourth-order valence-electron chi connectivity index (χ4n) is 2.06. The molecular formula is C19H17NO4. The molecule has 24 heavy (non-hydrogen) atoms. The highest BCUT2D eigenvalue weighted by Gasteiger charge is 2.11. The van der Waals surface area contributed by atoms with Gasteiger partial charge >= 0.3 is 0 Å². The lowest BCUT2D eigenvalue weighted by molar-refractivity contribution is 0.104. The summed E-state index contributed by atoms with van der Waals surface area (Å²) in [4.78, 5) is 12.4. The smallest absolute Gasteiger partial charge is 0.189 e. The fraction of sp³-hybridized carbons (Fsp3) is 0.158. The van der Waals surface area contributed by atoms with Gasteiger partial charge in [0, 0.05) is 0 Å². The largest absolute Gasteiger partial charge is 0.497 e. The Kier molecular flexibility index (Phi) is 5.98. The molecule has 0 N–H and O–H groups in total. The molecule has 0 aromatic heterocycles. The van der Waals surface area contributed by atoms with Crippen molar-refractivity contribution in [2.75, 3.05) is 20.8 Å². The van der Waals surface area contributed by atoms with E-state index in [2.05, 4.69) is 0 Å². The SMILES string of the molecule is COc1ccc(OC)c(C(=O)/C=C/c2ccc(OCC#N)cc2)c1. The Bertz CT molecular complexity index is 773. The highest BCUT2D eigenvalue weighted by Crippen LogP contribution is 2.25. The molecule has 0 bridgehead atoms. The van der Waals surface area contributed by atoms with Crippen LogP contribution in [-0.2, 0) is 0 Å². The van der Waals surface area contributed by atoms with Gasteiger partial charge in [-0.15, -0.1) is 0 Å². The second-order valence-corrected chi connectivity index (χ2v) is 4.78. The maximum atomic E-state index is 12.4. The molecule has 2 aromatic carbocycles. The maximum Gasteiger partial charge on any atom is 0.189 e. The van der Waals surface area contributed by atoms with Crippen molar-refractivity contribution in [1.29, 1.82) is 5.26 Å². The quantitative estimate of drug-likeness (QED) is 0.576. The summed E-state index contributed by atoms with van der Waals surface area (Å²) >= 11 is 0. The van der Waals surface area contributed by atoms with Crippen LogP contribution in [0.3, 0.4) is 0 Å². The van der Waals surface area contributed by atoms with Crippen molar-refractivity contribution in [3.8, 4) is 23.3 Å². The van der Waals surface area contributed by atoms with Crippen molar-refractivity contribution in [3.63, 3.8) is 0 Å². The monoisotopic (exact) mass is 323 g/mol. The minimum absolute atomic E-state index is 0.00328. The van der Waals surface area contributed by atoms with Gasteiger partial charge in [-0.05, 0) is 42.0 Å². The van der Waals surface area contributed by atoms with Gasteiger partial charge in [0.05, 0.1) is 19.8 Å². The Morgan fingerprint density at radius 3 is 2.42 bits per heavy atom. The third kappa shape index (κ3) is 4.37. The fourth-order valence-corrected chi connectivity index (χ4v) is 2.06. The van der Waals surface area contributed by atoms with E-state index < -0.39 is 0 Å². The van der Waals surface area contributed by atoms with Crippen LogP contribution < -0.4 is 14.2 Å². The summed E-state index contributed by atoms with van der Waals surface area (Å²) in [5.41, 5.74) is 1.27. The van der Waals surface area contributed by atoms with E-state index in [-0.39, 0.29) is 12.4 Å². The van der Waals surface area contributed by atoms with E-state index in [0.29, 0.717) is 22.8 Å². The first-order valence-electron chi connectivity index (χ1n) is 7.22. The molecule has 0 saturated carbocycles. The summed E-state index contributed by atoms with van der Waals surface area (Å²) in [7, 11) is 3.06. The van der Waals surface area contributed by atoms with Crippen LogP contribution in [0.1, 0.15) is 15.9 Å². The Morgan fingerprint density at radius 1 is 1.08 bits per heavy atom. The maximum absolute atomic E-state index is 12.4. The highest BCUT2D eigenvalue weighted by molar-refractivity contribution is 6.08. The average Bonchev–Trinajstić information content (AvgIpc) is 2.64. The normalized spacial score (nSPS) is 10.2. The summed E-state index contributed by atoms with van der Waals surface area (Å²) in [5, 5.41) is 8.47. The predicted molar refractivity (Wildman–Crippen MR) is 90.5 cm³/mol. The molecule has 0 heterocycles. The second-order valence-electron chi connectivity index (χ2n) is 4.78. The van der Waals surface area contributed by atoms with E-state index in [0.717, 1.165) is 5.56 Å². The molecule has 0 radical (unpaired) electrons. The Hall–Kier alpha value is -3.26. The first kappa shape index (κ1) is 17.1. The number of rotatable bonds is 7. The van der Waals surface area contributed by atoms with Gasteiger partial charge in [-0.3, -0.25) is 4.79 Å². The third-order valence-electron chi connectivity index (χ3n) is 3.28. The molecule has 0 unspecified atom stereocenters. The van der Waals surface area contributed by atoms with Crippen molar-refractivity contribution in [3.05, 3.63) is 59.7 Å². The van der Waals surface area contributed by atoms with Gasteiger partial charge in [-0.2, -0.15) is 5.26 Å². The molecule has 5 heteroatoms. The van der Waals surface area contributed by atoms with E-state index in [9.17, 15) is 4.79 Å². The Labute approximate surface area is 140 Å². The number of hydrogen-bond acceptors (Lipinski definition) is 5. The molecule has 0 amide bonds. The van der Waals surface area contributed by atoms with Crippen LogP contribution in [0, 0.1) is 11.3 Å². The van der Waals surface area contributed by atoms with Crippen molar-refractivity contribution in [1.82, 2.24) is 0 Å². The van der Waals surface area contributed by atoms with Crippen LogP contribution in [0.2, 0.25) is 0 Å². The third-order valence-corrected chi connectivity index (χ3v) is 3.28. The first-order chi connectivity index (χ1) is 11.7. The minimum Gasteiger partial charge on any atom is -0.497 e. The summed E-state index contributed by atoms with van der Waals surface area (Å²) in [6, 6.07) is 14.1. The summed E-state index contributed by atoms with van der Waals surface area (Å²) < 4.78 is 15.5. The number of ether oxygens (including phenoxy) is 3. The van der Waals surface area contributed by atoms with Gasteiger partial charge in [0.2, 0.25) is 0 Å². The number of nitrogens with zero attached hydrogens (tertiary/aromatic N) is 1. The second kappa shape index (κ2) is 8.39. The van der Waals surface area contributed by atoms with Gasteiger partial charge in [-0.25, -0.2) is 0 Å². The predicted octanol–water partition coefficient (Wildman–Crippen LogP) is 3.50. The van der Waals surface area contributed by atoms with Crippen LogP contribution in [0.4, 0.5) is 0 Å². The lowest BCUT2D eigenvalue weighted by atomic mass is 10.1. The number of hydrogen-bond donors (Lipinski definition) is 0. The highest BCUT2D eigenvalue weighted by atomic mass is 16.5. The van der Waals surface area contributed by atoms with Crippen LogP contribution in [-0.4, -0.2) is 26.6 Å². The van der Waals surface area contributed by atoms with E-state index in [1.54, 1.807) is 55.7 Å². The number of benzene rings is 2. The zero-order chi connectivity index (χ0) is 17.4. The van der Waals surface area contributed by atoms with Crippen molar-refractivity contribution < 1.29 is 19.0 Å². The number of carbonyl (C=O) groups is 1. The Balaban J connectivity index is 2.14. The molecule has 0 aliphatic carbocycles. The lowest BCUT2D eigenvalue weighted by Gasteiger charge is -2.07. The van der Waals surface area contributed by atoms with Gasteiger partial charge < -0.3 is 14.2 Å². The molecule has 0 aliphatic heterocycles. The molecule has 0 spiro atoms. The van der Waals surface area contributed by atoms with Crippen molar-refractivity contribution >= 4 is 11.9 Å². The van der Waals surface area contributed by atoms with E-state index in [1.165, 1.54) is 13.2 Å². The summed E-state index contributed by atoms with van der Waals surface area (Å²) in [6.45, 7) is 0.00328. The molecular weight excluding hydrogens is 306 g/mol. The number of allylic oxidation sites excluding steroid dienone is 1. The number of ketones is 1. The number of nitriles is 1. The van der Waals surface area contributed by atoms with Crippen molar-refractivity contribution in [2.45, 2.75) is 0 Å². The molecule has 0 saturated heterocycles. The lowest BCUT2D eigenvalue weighted by Crippen LogP contribution is -1.99. The zero-order valence-corrected chi connectivity index (χ0v) is 13.5. The minimum atomic E-state index is -0.185. The van der Waals surface area contributed by atoms with Crippen LogP contribution in [0.15, 0.2) is 48.5 Å². The molecule has 0 atom stereocenters. The van der Waals surface area contributed by atoms with Crippen molar-refractivity contribution in [2.24, 2.45) is 0 Å².